The third kappa shape index (κ3) is 5.83. The van der Waals surface area contributed by atoms with Crippen LogP contribution in [-0.4, -0.2) is 39.1 Å². The summed E-state index contributed by atoms with van der Waals surface area (Å²) >= 11 is 0. The van der Waals surface area contributed by atoms with Crippen molar-refractivity contribution in [2.45, 2.75) is 39.7 Å². The number of likely N-dealkylation sites (N-methyl/N-ethyl adjacent to an activating group) is 1. The molecule has 2 aromatic rings. The first-order valence-electron chi connectivity index (χ1n) is 9.26. The highest BCUT2D eigenvalue weighted by Crippen LogP contribution is 2.26. The van der Waals surface area contributed by atoms with Crippen LogP contribution in [0, 0.1) is 6.92 Å². The second-order valence-electron chi connectivity index (χ2n) is 8.30. The van der Waals surface area contributed by atoms with Crippen molar-refractivity contribution in [1.82, 2.24) is 4.90 Å². The molecule has 0 aromatic heterocycles. The van der Waals surface area contributed by atoms with E-state index in [9.17, 15) is 13.2 Å². The molecule has 1 amide bonds. The summed E-state index contributed by atoms with van der Waals surface area (Å²) in [6.45, 7) is 8.50. The lowest BCUT2D eigenvalue weighted by molar-refractivity contribution is -0.128. The number of aryl methyl sites for hydroxylation is 1. The molecular weight excluding hydrogens is 372 g/mol. The van der Waals surface area contributed by atoms with Gasteiger partial charge >= 0.3 is 0 Å². The molecule has 0 aliphatic rings. The molecule has 6 heteroatoms. The van der Waals surface area contributed by atoms with Crippen LogP contribution in [0.15, 0.2) is 48.5 Å². The van der Waals surface area contributed by atoms with Gasteiger partial charge in [0.1, 0.15) is 6.54 Å². The molecule has 2 rings (SSSR count). The minimum absolute atomic E-state index is 0.0292. The molecule has 0 saturated heterocycles. The molecule has 0 atom stereocenters. The summed E-state index contributed by atoms with van der Waals surface area (Å²) in [7, 11) is -1.90. The predicted molar refractivity (Wildman–Crippen MR) is 115 cm³/mol. The van der Waals surface area contributed by atoms with E-state index in [0.717, 1.165) is 27.3 Å². The summed E-state index contributed by atoms with van der Waals surface area (Å²) in [6.07, 6.45) is 1.12. The molecular formula is C22H30N2O3S. The van der Waals surface area contributed by atoms with E-state index in [1.54, 1.807) is 24.1 Å². The average molecular weight is 403 g/mol. The number of hydrogen-bond acceptors (Lipinski definition) is 3. The maximum atomic E-state index is 12.7. The number of hydrogen-bond donors (Lipinski definition) is 0. The van der Waals surface area contributed by atoms with Gasteiger partial charge in [0.05, 0.1) is 11.9 Å². The normalized spacial score (nSPS) is 11.9. The van der Waals surface area contributed by atoms with Gasteiger partial charge < -0.3 is 4.90 Å². The van der Waals surface area contributed by atoms with E-state index >= 15 is 0 Å². The van der Waals surface area contributed by atoms with Crippen molar-refractivity contribution in [2.75, 3.05) is 24.2 Å². The van der Waals surface area contributed by atoms with Crippen molar-refractivity contribution < 1.29 is 13.2 Å². The molecule has 0 bridgehead atoms. The summed E-state index contributed by atoms with van der Waals surface area (Å²) in [6, 6.07) is 15.3. The van der Waals surface area contributed by atoms with Crippen LogP contribution in [0.3, 0.4) is 0 Å². The lowest BCUT2D eigenvalue weighted by Crippen LogP contribution is -2.41. The fraction of sp³-hybridized carbons (Fsp3) is 0.409. The Morgan fingerprint density at radius 1 is 0.964 bits per heavy atom. The third-order valence-electron chi connectivity index (χ3n) is 4.67. The van der Waals surface area contributed by atoms with Crippen LogP contribution in [0.1, 0.15) is 37.5 Å². The first-order valence-corrected chi connectivity index (χ1v) is 11.1. The zero-order valence-electron chi connectivity index (χ0n) is 17.6. The number of carbonyl (C=O) groups is 1. The molecule has 0 aliphatic heterocycles. The lowest BCUT2D eigenvalue weighted by Gasteiger charge is -2.26. The molecule has 0 aliphatic carbocycles. The molecule has 5 nitrogen and oxygen atoms in total. The van der Waals surface area contributed by atoms with Crippen molar-refractivity contribution >= 4 is 21.6 Å². The largest absolute Gasteiger partial charge is 0.340 e. The minimum atomic E-state index is -3.59. The number of nitrogens with zero attached hydrogens (tertiary/aromatic N) is 2. The smallest absolute Gasteiger partial charge is 0.243 e. The van der Waals surface area contributed by atoms with Gasteiger partial charge in [0.25, 0.3) is 0 Å². The Morgan fingerprint density at radius 2 is 1.50 bits per heavy atom. The molecule has 0 fully saturated rings. The Hall–Kier alpha value is -2.34. The fourth-order valence-corrected chi connectivity index (χ4v) is 3.68. The van der Waals surface area contributed by atoms with Crippen LogP contribution in [0.4, 0.5) is 5.69 Å². The van der Waals surface area contributed by atoms with Crippen LogP contribution in [0.5, 0.6) is 0 Å². The Labute approximate surface area is 169 Å². The number of benzene rings is 2. The van der Waals surface area contributed by atoms with E-state index in [0.29, 0.717) is 12.2 Å². The van der Waals surface area contributed by atoms with E-state index < -0.39 is 10.0 Å². The van der Waals surface area contributed by atoms with Gasteiger partial charge in [-0.3, -0.25) is 9.10 Å². The van der Waals surface area contributed by atoms with Gasteiger partial charge in [-0.2, -0.15) is 0 Å². The van der Waals surface area contributed by atoms with E-state index in [-0.39, 0.29) is 17.9 Å². The van der Waals surface area contributed by atoms with Crippen molar-refractivity contribution in [3.8, 4) is 0 Å². The van der Waals surface area contributed by atoms with Crippen LogP contribution in [0.25, 0.3) is 0 Å². The summed E-state index contributed by atoms with van der Waals surface area (Å²) in [5.74, 6) is -0.258. The molecule has 0 saturated carbocycles. The Morgan fingerprint density at radius 3 is 1.96 bits per heavy atom. The van der Waals surface area contributed by atoms with Gasteiger partial charge in [0.2, 0.25) is 15.9 Å². The third-order valence-corrected chi connectivity index (χ3v) is 5.81. The van der Waals surface area contributed by atoms with Crippen LogP contribution < -0.4 is 4.31 Å². The maximum absolute atomic E-state index is 12.7. The van der Waals surface area contributed by atoms with E-state index in [1.165, 1.54) is 0 Å². The number of sulfonamides is 1. The SMILES string of the molecule is Cc1ccc(CN(C)C(=O)CN(c2ccc(C(C)(C)C)cc2)S(C)(=O)=O)cc1. The summed E-state index contributed by atoms with van der Waals surface area (Å²) in [5.41, 5.74) is 3.72. The monoisotopic (exact) mass is 402 g/mol. The van der Waals surface area contributed by atoms with Gasteiger partial charge in [-0.05, 0) is 35.6 Å². The topological polar surface area (TPSA) is 57.7 Å². The summed E-state index contributed by atoms with van der Waals surface area (Å²) < 4.78 is 25.8. The fourth-order valence-electron chi connectivity index (χ4n) is 2.83. The van der Waals surface area contributed by atoms with Crippen LogP contribution in [0.2, 0.25) is 0 Å². The highest BCUT2D eigenvalue weighted by molar-refractivity contribution is 7.92. The molecule has 0 spiro atoms. The Balaban J connectivity index is 2.17. The second kappa shape index (κ2) is 8.35. The molecule has 0 radical (unpaired) electrons. The highest BCUT2D eigenvalue weighted by atomic mass is 32.2. The second-order valence-corrected chi connectivity index (χ2v) is 10.2. The molecule has 0 unspecified atom stereocenters. The number of carbonyl (C=O) groups excluding carboxylic acids is 1. The van der Waals surface area contributed by atoms with Crippen LogP contribution >= 0.6 is 0 Å². The van der Waals surface area contributed by atoms with Crippen molar-refractivity contribution in [2.24, 2.45) is 0 Å². The number of rotatable bonds is 6. The summed E-state index contributed by atoms with van der Waals surface area (Å²) in [5, 5.41) is 0. The number of amides is 1. The molecule has 28 heavy (non-hydrogen) atoms. The highest BCUT2D eigenvalue weighted by Gasteiger charge is 2.23. The zero-order valence-corrected chi connectivity index (χ0v) is 18.4. The van der Waals surface area contributed by atoms with E-state index in [1.807, 2.05) is 43.3 Å². The maximum Gasteiger partial charge on any atom is 0.243 e. The molecule has 2 aromatic carbocycles. The predicted octanol–water partition coefficient (Wildman–Crippen LogP) is 3.72. The first-order chi connectivity index (χ1) is 12.9. The van der Waals surface area contributed by atoms with E-state index in [4.69, 9.17) is 0 Å². The van der Waals surface area contributed by atoms with Crippen molar-refractivity contribution in [3.63, 3.8) is 0 Å². The number of anilines is 1. The lowest BCUT2D eigenvalue weighted by atomic mass is 9.87. The Kier molecular flexibility index (Phi) is 6.55. The standard InChI is InChI=1S/C22H30N2O3S/c1-17-7-9-18(10-8-17)15-23(5)21(25)16-24(28(6,26)27)20-13-11-19(12-14-20)22(2,3)4/h7-14H,15-16H2,1-6H3. The van der Waals surface area contributed by atoms with Gasteiger partial charge in [0.15, 0.2) is 0 Å². The van der Waals surface area contributed by atoms with E-state index in [2.05, 4.69) is 20.8 Å². The van der Waals surface area contributed by atoms with Crippen LogP contribution in [-0.2, 0) is 26.8 Å². The first kappa shape index (κ1) is 22.0. The average Bonchev–Trinajstić information content (AvgIpc) is 2.59. The zero-order chi connectivity index (χ0) is 21.1. The van der Waals surface area contributed by atoms with Crippen molar-refractivity contribution in [1.29, 1.82) is 0 Å². The van der Waals surface area contributed by atoms with Gasteiger partial charge in [0, 0.05) is 13.6 Å². The molecule has 0 heterocycles. The van der Waals surface area contributed by atoms with Gasteiger partial charge in [-0.25, -0.2) is 8.42 Å². The van der Waals surface area contributed by atoms with Gasteiger partial charge in [-0.1, -0.05) is 62.7 Å². The summed E-state index contributed by atoms with van der Waals surface area (Å²) in [4.78, 5) is 14.2. The minimum Gasteiger partial charge on any atom is -0.340 e. The Bertz CT molecular complexity index is 912. The van der Waals surface area contributed by atoms with Gasteiger partial charge in [-0.15, -0.1) is 0 Å². The molecule has 152 valence electrons. The van der Waals surface area contributed by atoms with Crippen molar-refractivity contribution in [3.05, 3.63) is 65.2 Å². The quantitative estimate of drug-likeness (QED) is 0.740. The molecule has 0 N–H and O–H groups in total.